The van der Waals surface area contributed by atoms with Gasteiger partial charge in [-0.15, -0.1) is 0 Å². The topological polar surface area (TPSA) is 42.1 Å². The summed E-state index contributed by atoms with van der Waals surface area (Å²) in [5.74, 6) is 0.226. The van der Waals surface area contributed by atoms with Crippen molar-refractivity contribution in [2.45, 2.75) is 13.1 Å². The second-order valence-electron chi connectivity index (χ2n) is 3.45. The maximum atomic E-state index is 12.2. The Hall–Kier alpha value is -0.980. The summed E-state index contributed by atoms with van der Waals surface area (Å²) in [4.78, 5) is 4.90. The maximum Gasteiger partial charge on any atom is 0.405 e. The zero-order valence-corrected chi connectivity index (χ0v) is 10.4. The van der Waals surface area contributed by atoms with Crippen LogP contribution in [0.15, 0.2) is 10.7 Å². The summed E-state index contributed by atoms with van der Waals surface area (Å²) in [7, 11) is 1.33. The molecule has 0 aliphatic rings. The molecule has 1 aromatic rings. The van der Waals surface area contributed by atoms with Crippen LogP contribution in [0.5, 0.6) is 0 Å². The van der Waals surface area contributed by atoms with Gasteiger partial charge in [0.2, 0.25) is 0 Å². The second-order valence-corrected chi connectivity index (χ2v) is 4.24. The minimum atomic E-state index is -4.26. The molecule has 0 aliphatic carbocycles. The fraction of sp³-hybridized carbons (Fsp3) is 0.444. The Morgan fingerprint density at radius 2 is 2.06 bits per heavy atom. The number of alkyl halides is 3. The van der Waals surface area contributed by atoms with Crippen LogP contribution in [-0.4, -0.2) is 24.8 Å². The molecular weight excluding hydrogens is 287 g/mol. The summed E-state index contributed by atoms with van der Waals surface area (Å²) in [6, 6.07) is 0. The highest BCUT2D eigenvalue weighted by molar-refractivity contribution is 9.10. The number of pyridine rings is 1. The van der Waals surface area contributed by atoms with Crippen LogP contribution in [0, 0.1) is 6.92 Å². The summed E-state index contributed by atoms with van der Waals surface area (Å²) in [6.45, 7) is 0.661. The quantitative estimate of drug-likeness (QED) is 0.913. The number of nitrogen functional groups attached to an aromatic ring is 1. The predicted molar refractivity (Wildman–Crippen MR) is 60.4 cm³/mol. The van der Waals surface area contributed by atoms with E-state index < -0.39 is 12.7 Å². The first-order valence-electron chi connectivity index (χ1n) is 4.41. The van der Waals surface area contributed by atoms with Gasteiger partial charge in [-0.05, 0) is 28.4 Å². The molecule has 1 rings (SSSR count). The number of nitrogens with zero attached hydrogens (tertiary/aromatic N) is 2. The first-order chi connectivity index (χ1) is 7.22. The van der Waals surface area contributed by atoms with Gasteiger partial charge in [0.15, 0.2) is 0 Å². The zero-order valence-electron chi connectivity index (χ0n) is 8.77. The summed E-state index contributed by atoms with van der Waals surface area (Å²) in [6.07, 6.45) is -2.91. The fourth-order valence-corrected chi connectivity index (χ4v) is 1.82. The number of rotatable bonds is 2. The highest BCUT2D eigenvalue weighted by Crippen LogP contribution is 2.31. The van der Waals surface area contributed by atoms with Gasteiger partial charge in [-0.2, -0.15) is 13.2 Å². The van der Waals surface area contributed by atoms with Crippen molar-refractivity contribution in [1.82, 2.24) is 4.98 Å². The smallest absolute Gasteiger partial charge is 0.397 e. The minimum absolute atomic E-state index is 0.226. The Kier molecular flexibility index (Phi) is 3.67. The molecule has 16 heavy (non-hydrogen) atoms. The molecule has 0 atom stereocenters. The number of nitrogens with two attached hydrogens (primary N) is 1. The molecule has 0 aliphatic heterocycles. The number of hydrogen-bond donors (Lipinski definition) is 1. The molecule has 1 heterocycles. The van der Waals surface area contributed by atoms with Gasteiger partial charge in [0.25, 0.3) is 0 Å². The molecule has 0 saturated heterocycles. The summed E-state index contributed by atoms with van der Waals surface area (Å²) < 4.78 is 37.1. The van der Waals surface area contributed by atoms with Crippen molar-refractivity contribution in [3.8, 4) is 0 Å². The van der Waals surface area contributed by atoms with E-state index >= 15 is 0 Å². The number of hydrogen-bond acceptors (Lipinski definition) is 3. The first kappa shape index (κ1) is 13.1. The number of aromatic nitrogens is 1. The third-order valence-corrected chi connectivity index (χ3v) is 3.01. The highest BCUT2D eigenvalue weighted by atomic mass is 79.9. The molecule has 0 bridgehead atoms. The number of halogens is 4. The largest absolute Gasteiger partial charge is 0.405 e. The van der Waals surface area contributed by atoms with Gasteiger partial charge >= 0.3 is 6.18 Å². The molecule has 2 N–H and O–H groups in total. The van der Waals surface area contributed by atoms with E-state index in [2.05, 4.69) is 20.9 Å². The van der Waals surface area contributed by atoms with E-state index in [1.807, 2.05) is 0 Å². The van der Waals surface area contributed by atoms with Crippen molar-refractivity contribution < 1.29 is 13.2 Å². The van der Waals surface area contributed by atoms with Gasteiger partial charge in [0.05, 0.1) is 16.4 Å². The van der Waals surface area contributed by atoms with Crippen LogP contribution in [0.1, 0.15) is 5.56 Å². The molecule has 90 valence electrons. The Balaban J connectivity index is 3.01. The predicted octanol–water partition coefficient (Wildman–Crippen LogP) is 2.73. The Bertz CT molecular complexity index is 392. The Labute approximate surface area is 99.6 Å². The molecule has 0 unspecified atom stereocenters. The Morgan fingerprint density at radius 1 is 1.50 bits per heavy atom. The van der Waals surface area contributed by atoms with Crippen LogP contribution < -0.4 is 10.6 Å². The summed E-state index contributed by atoms with van der Waals surface area (Å²) >= 11 is 3.19. The van der Waals surface area contributed by atoms with Crippen LogP contribution in [0.4, 0.5) is 24.7 Å². The van der Waals surface area contributed by atoms with Crippen molar-refractivity contribution >= 4 is 27.4 Å². The normalized spacial score (nSPS) is 11.6. The maximum absolute atomic E-state index is 12.2. The van der Waals surface area contributed by atoms with Crippen molar-refractivity contribution in [2.24, 2.45) is 0 Å². The van der Waals surface area contributed by atoms with Crippen LogP contribution in [0.3, 0.4) is 0 Å². The summed E-state index contributed by atoms with van der Waals surface area (Å²) in [5, 5.41) is 0. The molecule has 7 heteroatoms. The van der Waals surface area contributed by atoms with E-state index in [1.54, 1.807) is 6.92 Å². The van der Waals surface area contributed by atoms with Crippen LogP contribution in [0.2, 0.25) is 0 Å². The minimum Gasteiger partial charge on any atom is -0.397 e. The Morgan fingerprint density at radius 3 is 2.56 bits per heavy atom. The van der Waals surface area contributed by atoms with Gasteiger partial charge in [-0.1, -0.05) is 0 Å². The lowest BCUT2D eigenvalue weighted by molar-refractivity contribution is -0.119. The second kappa shape index (κ2) is 4.48. The first-order valence-corrected chi connectivity index (χ1v) is 5.20. The van der Waals surface area contributed by atoms with E-state index in [-0.39, 0.29) is 5.82 Å². The van der Waals surface area contributed by atoms with Gasteiger partial charge in [0, 0.05) is 7.05 Å². The van der Waals surface area contributed by atoms with E-state index in [0.717, 1.165) is 4.90 Å². The van der Waals surface area contributed by atoms with E-state index in [9.17, 15) is 13.2 Å². The van der Waals surface area contributed by atoms with E-state index in [4.69, 9.17) is 5.73 Å². The molecule has 0 fully saturated rings. The molecule has 1 aromatic heterocycles. The zero-order chi connectivity index (χ0) is 12.5. The molecular formula is C9H11BrF3N3. The average molecular weight is 298 g/mol. The molecule has 3 nitrogen and oxygen atoms in total. The number of anilines is 2. The summed E-state index contributed by atoms with van der Waals surface area (Å²) in [5.41, 5.74) is 6.70. The van der Waals surface area contributed by atoms with Gasteiger partial charge in [-0.3, -0.25) is 0 Å². The molecule has 0 aromatic carbocycles. The molecule has 0 saturated carbocycles. The average Bonchev–Trinajstić information content (AvgIpc) is 2.11. The SMILES string of the molecule is Cc1c(N)cnc(N(C)CC(F)(F)F)c1Br. The van der Waals surface area contributed by atoms with Crippen molar-refractivity contribution in [1.29, 1.82) is 0 Å². The third kappa shape index (κ3) is 3.01. The molecule has 0 radical (unpaired) electrons. The van der Waals surface area contributed by atoms with E-state index in [0.29, 0.717) is 15.7 Å². The van der Waals surface area contributed by atoms with Crippen LogP contribution in [0.25, 0.3) is 0 Å². The van der Waals surface area contributed by atoms with E-state index in [1.165, 1.54) is 13.2 Å². The highest BCUT2D eigenvalue weighted by Gasteiger charge is 2.30. The lowest BCUT2D eigenvalue weighted by atomic mass is 10.2. The van der Waals surface area contributed by atoms with Crippen molar-refractivity contribution in [3.63, 3.8) is 0 Å². The van der Waals surface area contributed by atoms with Gasteiger partial charge in [0.1, 0.15) is 12.4 Å². The standard InChI is InChI=1S/C9H11BrF3N3/c1-5-6(14)3-15-8(7(5)10)16(2)4-9(11,12)13/h3H,4,14H2,1-2H3. The monoisotopic (exact) mass is 297 g/mol. The lowest BCUT2D eigenvalue weighted by Gasteiger charge is -2.22. The fourth-order valence-electron chi connectivity index (χ4n) is 1.19. The van der Waals surface area contributed by atoms with Crippen molar-refractivity contribution in [2.75, 3.05) is 24.2 Å². The molecule has 0 amide bonds. The van der Waals surface area contributed by atoms with Gasteiger partial charge in [-0.25, -0.2) is 4.98 Å². The van der Waals surface area contributed by atoms with Crippen LogP contribution in [-0.2, 0) is 0 Å². The third-order valence-electron chi connectivity index (χ3n) is 2.06. The van der Waals surface area contributed by atoms with Gasteiger partial charge < -0.3 is 10.6 Å². The molecule has 0 spiro atoms. The van der Waals surface area contributed by atoms with Crippen LogP contribution >= 0.6 is 15.9 Å². The van der Waals surface area contributed by atoms with Crippen molar-refractivity contribution in [3.05, 3.63) is 16.2 Å². The lowest BCUT2D eigenvalue weighted by Crippen LogP contribution is -2.31.